The van der Waals surface area contributed by atoms with Crippen molar-refractivity contribution >= 4 is 29.4 Å². The number of esters is 1. The summed E-state index contributed by atoms with van der Waals surface area (Å²) in [6.45, 7) is 3.16. The molecule has 0 unspecified atom stereocenters. The molecule has 3 aromatic rings. The molecule has 39 heavy (non-hydrogen) atoms. The Morgan fingerprint density at radius 3 is 2.72 bits per heavy atom. The lowest BCUT2D eigenvalue weighted by atomic mass is 9.95. The lowest BCUT2D eigenvalue weighted by molar-refractivity contribution is -0.140. The Hall–Kier alpha value is -4.58. The first kappa shape index (κ1) is 26.0. The number of carboxylic acid groups (broad SMARTS) is 1. The van der Waals surface area contributed by atoms with E-state index in [0.29, 0.717) is 43.4 Å². The fourth-order valence-electron chi connectivity index (χ4n) is 4.37. The van der Waals surface area contributed by atoms with Gasteiger partial charge in [0.15, 0.2) is 34.4 Å². The molecule has 12 heteroatoms. The third kappa shape index (κ3) is 4.98. The summed E-state index contributed by atoms with van der Waals surface area (Å²) in [6, 6.07) is 9.38. The van der Waals surface area contributed by atoms with Crippen molar-refractivity contribution in [1.29, 1.82) is 0 Å². The van der Waals surface area contributed by atoms with Crippen LogP contribution in [0.3, 0.4) is 0 Å². The predicted molar refractivity (Wildman–Crippen MR) is 139 cm³/mol. The molecule has 0 aliphatic carbocycles. The maximum Gasteiger partial charge on any atom is 0.341 e. The van der Waals surface area contributed by atoms with E-state index in [1.165, 1.54) is 23.0 Å². The van der Waals surface area contributed by atoms with Crippen LogP contribution in [0, 0.1) is 0 Å². The van der Waals surface area contributed by atoms with Gasteiger partial charge in [-0.15, -0.1) is 0 Å². The second-order valence-electron chi connectivity index (χ2n) is 8.51. The first-order valence-electron chi connectivity index (χ1n) is 11.9. The summed E-state index contributed by atoms with van der Waals surface area (Å²) in [7, 11) is 1.44. The Kier molecular flexibility index (Phi) is 7.11. The number of hydrogen-bond acceptors (Lipinski definition) is 10. The normalized spacial score (nSPS) is 16.0. The lowest BCUT2D eigenvalue weighted by Crippen LogP contribution is -2.39. The third-order valence-electron chi connectivity index (χ3n) is 6.07. The van der Waals surface area contributed by atoms with Crippen LogP contribution < -0.4 is 33.8 Å². The number of allylic oxidation sites excluding steroid dienone is 1. The number of hydrogen-bond donors (Lipinski definition) is 1. The Bertz CT molecular complexity index is 1690. The van der Waals surface area contributed by atoms with Crippen molar-refractivity contribution in [3.8, 4) is 23.0 Å². The summed E-state index contributed by atoms with van der Waals surface area (Å²) < 4.78 is 28.8. The summed E-state index contributed by atoms with van der Waals surface area (Å²) in [6.07, 6.45) is 1.67. The standard InChI is InChI=1S/C27H24N2O9S/c1-4-35-26(33)23-14(2)28-27-29(24(23)16-6-8-18-20(11-16)38-13-37-18)25(32)21(39-27)10-15-5-7-17(19(9-15)34-3)36-12-22(30)31/h5-11,24H,4,12-13H2,1-3H3,(H,30,31)/b21-10+/t24-/m0/s1. The monoisotopic (exact) mass is 552 g/mol. The number of carboxylic acids is 1. The summed E-state index contributed by atoms with van der Waals surface area (Å²) in [4.78, 5) is 42.7. The highest BCUT2D eigenvalue weighted by molar-refractivity contribution is 7.07. The summed E-state index contributed by atoms with van der Waals surface area (Å²) in [5.41, 5.74) is 1.63. The van der Waals surface area contributed by atoms with E-state index >= 15 is 0 Å². The van der Waals surface area contributed by atoms with Crippen LogP contribution in [-0.4, -0.2) is 48.7 Å². The van der Waals surface area contributed by atoms with E-state index in [0.717, 1.165) is 0 Å². The highest BCUT2D eigenvalue weighted by Gasteiger charge is 2.34. The quantitative estimate of drug-likeness (QED) is 0.416. The summed E-state index contributed by atoms with van der Waals surface area (Å²) in [5, 5.41) is 8.89. The topological polar surface area (TPSA) is 135 Å². The highest BCUT2D eigenvalue weighted by atomic mass is 32.1. The minimum absolute atomic E-state index is 0.0880. The zero-order valence-corrected chi connectivity index (χ0v) is 22.1. The average molecular weight is 553 g/mol. The van der Waals surface area contributed by atoms with E-state index in [1.54, 1.807) is 56.3 Å². The Morgan fingerprint density at radius 1 is 1.18 bits per heavy atom. The average Bonchev–Trinajstić information content (AvgIpc) is 3.50. The molecule has 0 bridgehead atoms. The molecule has 0 spiro atoms. The van der Waals surface area contributed by atoms with Gasteiger partial charge >= 0.3 is 11.9 Å². The molecule has 11 nitrogen and oxygen atoms in total. The number of fused-ring (bicyclic) bond motifs is 2. The molecular weight excluding hydrogens is 528 g/mol. The summed E-state index contributed by atoms with van der Waals surface area (Å²) >= 11 is 1.18. The zero-order chi connectivity index (χ0) is 27.7. The maximum atomic E-state index is 13.8. The van der Waals surface area contributed by atoms with Gasteiger partial charge in [0, 0.05) is 0 Å². The number of ether oxygens (including phenoxy) is 5. The number of aromatic nitrogens is 1. The number of carbonyl (C=O) groups excluding carboxylic acids is 1. The molecule has 202 valence electrons. The molecule has 0 saturated heterocycles. The Morgan fingerprint density at radius 2 is 1.97 bits per heavy atom. The number of carbonyl (C=O) groups is 2. The molecule has 0 saturated carbocycles. The van der Waals surface area contributed by atoms with E-state index in [1.807, 2.05) is 0 Å². The van der Waals surface area contributed by atoms with Crippen molar-refractivity contribution < 1.29 is 38.4 Å². The second kappa shape index (κ2) is 10.7. The predicted octanol–water partition coefficient (Wildman–Crippen LogP) is 2.00. The molecule has 3 heterocycles. The number of methoxy groups -OCH3 is 1. The fourth-order valence-corrected chi connectivity index (χ4v) is 5.42. The number of nitrogens with zero attached hydrogens (tertiary/aromatic N) is 2. The molecule has 0 fully saturated rings. The van der Waals surface area contributed by atoms with Gasteiger partial charge in [0.25, 0.3) is 5.56 Å². The van der Waals surface area contributed by atoms with Crippen molar-refractivity contribution in [1.82, 2.24) is 4.57 Å². The number of thiazole rings is 1. The van der Waals surface area contributed by atoms with E-state index in [4.69, 9.17) is 28.8 Å². The van der Waals surface area contributed by atoms with Gasteiger partial charge in [0.2, 0.25) is 6.79 Å². The first-order chi connectivity index (χ1) is 18.8. The smallest absolute Gasteiger partial charge is 0.341 e. The van der Waals surface area contributed by atoms with Crippen molar-refractivity contribution in [2.24, 2.45) is 4.99 Å². The van der Waals surface area contributed by atoms with Gasteiger partial charge in [-0.25, -0.2) is 14.6 Å². The van der Waals surface area contributed by atoms with E-state index in [2.05, 4.69) is 4.99 Å². The molecule has 2 aliphatic heterocycles. The van der Waals surface area contributed by atoms with Crippen LogP contribution in [0.25, 0.3) is 6.08 Å². The van der Waals surface area contributed by atoms with Crippen LogP contribution in [-0.2, 0) is 14.3 Å². The molecule has 1 atom stereocenters. The maximum absolute atomic E-state index is 13.8. The van der Waals surface area contributed by atoms with E-state index in [9.17, 15) is 14.4 Å². The molecule has 0 radical (unpaired) electrons. The SMILES string of the molecule is CCOC(=O)C1=C(C)N=c2s/c(=C/c3ccc(OCC(=O)O)c(OC)c3)c(=O)n2[C@H]1c1ccc2c(c1)OCO2. The van der Waals surface area contributed by atoms with Gasteiger partial charge in [0.05, 0.1) is 35.6 Å². The van der Waals surface area contributed by atoms with Crippen LogP contribution >= 0.6 is 11.3 Å². The van der Waals surface area contributed by atoms with Crippen LogP contribution in [0.15, 0.2) is 57.5 Å². The molecule has 2 aliphatic rings. The Balaban J connectivity index is 1.63. The van der Waals surface area contributed by atoms with Crippen molar-refractivity contribution in [2.45, 2.75) is 19.9 Å². The molecule has 1 aromatic heterocycles. The molecule has 2 aromatic carbocycles. The fraction of sp³-hybridized carbons (Fsp3) is 0.259. The number of benzene rings is 2. The molecular formula is C27H24N2O9S. The largest absolute Gasteiger partial charge is 0.493 e. The Labute approximate surface area is 225 Å². The van der Waals surface area contributed by atoms with Gasteiger partial charge in [-0.3, -0.25) is 9.36 Å². The number of rotatable bonds is 8. The lowest BCUT2D eigenvalue weighted by Gasteiger charge is -2.24. The first-order valence-corrected chi connectivity index (χ1v) is 12.7. The minimum Gasteiger partial charge on any atom is -0.493 e. The van der Waals surface area contributed by atoms with Crippen LogP contribution in [0.2, 0.25) is 0 Å². The van der Waals surface area contributed by atoms with Crippen LogP contribution in [0.5, 0.6) is 23.0 Å². The van der Waals surface area contributed by atoms with Crippen LogP contribution in [0.1, 0.15) is 31.0 Å². The highest BCUT2D eigenvalue weighted by Crippen LogP contribution is 2.38. The second-order valence-corrected chi connectivity index (χ2v) is 9.52. The van der Waals surface area contributed by atoms with Gasteiger partial charge in [-0.2, -0.15) is 0 Å². The number of aliphatic carboxylic acids is 1. The molecule has 0 amide bonds. The van der Waals surface area contributed by atoms with Crippen molar-refractivity contribution in [2.75, 3.05) is 27.1 Å². The zero-order valence-electron chi connectivity index (χ0n) is 21.3. The van der Waals surface area contributed by atoms with Gasteiger partial charge in [-0.1, -0.05) is 23.5 Å². The third-order valence-corrected chi connectivity index (χ3v) is 7.05. The minimum atomic E-state index is -1.11. The van der Waals surface area contributed by atoms with Gasteiger partial charge in [-0.05, 0) is 55.3 Å². The summed E-state index contributed by atoms with van der Waals surface area (Å²) in [5.74, 6) is 0.000607. The van der Waals surface area contributed by atoms with Gasteiger partial charge in [0.1, 0.15) is 0 Å². The molecule has 1 N–H and O–H groups in total. The van der Waals surface area contributed by atoms with Gasteiger partial charge < -0.3 is 28.8 Å². The van der Waals surface area contributed by atoms with Crippen molar-refractivity contribution in [3.05, 3.63) is 78.5 Å². The van der Waals surface area contributed by atoms with E-state index < -0.39 is 24.6 Å². The van der Waals surface area contributed by atoms with E-state index in [-0.39, 0.29) is 30.3 Å². The van der Waals surface area contributed by atoms with Crippen LogP contribution in [0.4, 0.5) is 0 Å². The molecule has 5 rings (SSSR count). The van der Waals surface area contributed by atoms with Crippen molar-refractivity contribution in [3.63, 3.8) is 0 Å².